The van der Waals surface area contributed by atoms with Crippen molar-refractivity contribution < 1.29 is 15.0 Å². The van der Waals surface area contributed by atoms with Gasteiger partial charge in [-0.05, 0) is 51.4 Å². The third-order valence-corrected chi connectivity index (χ3v) is 13.1. The van der Waals surface area contributed by atoms with Gasteiger partial charge in [0, 0.05) is 6.42 Å². The zero-order valence-electron chi connectivity index (χ0n) is 42.6. The third kappa shape index (κ3) is 51.2. The van der Waals surface area contributed by atoms with E-state index in [4.69, 9.17) is 0 Å². The molecule has 0 saturated heterocycles. The third-order valence-electron chi connectivity index (χ3n) is 13.1. The molecule has 0 aliphatic heterocycles. The Morgan fingerprint density at radius 3 is 1.05 bits per heavy atom. The number of unbranched alkanes of at least 4 members (excludes halogenated alkanes) is 37. The molecule has 0 radical (unpaired) electrons. The van der Waals surface area contributed by atoms with Gasteiger partial charge in [-0.2, -0.15) is 0 Å². The van der Waals surface area contributed by atoms with Gasteiger partial charge in [-0.1, -0.05) is 294 Å². The van der Waals surface area contributed by atoms with Crippen LogP contribution < -0.4 is 5.32 Å². The number of rotatable bonds is 52. The first-order valence-electron chi connectivity index (χ1n) is 28.3. The molecule has 0 aliphatic rings. The molecule has 4 heteroatoms. The van der Waals surface area contributed by atoms with E-state index in [0.717, 1.165) is 51.4 Å². The van der Waals surface area contributed by atoms with Crippen LogP contribution in [0.5, 0.6) is 0 Å². The van der Waals surface area contributed by atoms with Crippen molar-refractivity contribution in [3.05, 3.63) is 48.6 Å². The van der Waals surface area contributed by atoms with Crippen LogP contribution in [-0.4, -0.2) is 34.9 Å². The van der Waals surface area contributed by atoms with Gasteiger partial charge in [-0.15, -0.1) is 0 Å². The van der Waals surface area contributed by atoms with Gasteiger partial charge in [-0.3, -0.25) is 4.79 Å². The number of allylic oxidation sites excluding steroid dienone is 8. The van der Waals surface area contributed by atoms with E-state index in [2.05, 4.69) is 67.8 Å². The highest BCUT2D eigenvalue weighted by Gasteiger charge is 2.20. The number of aliphatic hydroxyl groups excluding tert-OH is 2. The molecule has 0 aromatic rings. The number of carbonyl (C=O) groups excluding carboxylic acids is 1. The van der Waals surface area contributed by atoms with Crippen molar-refractivity contribution in [1.82, 2.24) is 5.32 Å². The van der Waals surface area contributed by atoms with Crippen LogP contribution in [0.2, 0.25) is 0 Å². The lowest BCUT2D eigenvalue weighted by atomic mass is 10.0. The normalized spacial score (nSPS) is 13.1. The minimum absolute atomic E-state index is 0.0335. The van der Waals surface area contributed by atoms with Gasteiger partial charge in [0.1, 0.15) is 0 Å². The molecule has 0 bridgehead atoms. The van der Waals surface area contributed by atoms with E-state index in [1.807, 2.05) is 0 Å². The Morgan fingerprint density at radius 2 is 0.698 bits per heavy atom. The summed E-state index contributed by atoms with van der Waals surface area (Å²) in [5, 5.41) is 23.4. The molecule has 2 atom stereocenters. The summed E-state index contributed by atoms with van der Waals surface area (Å²) in [5.41, 5.74) is 0. The van der Waals surface area contributed by atoms with E-state index in [0.29, 0.717) is 12.8 Å². The van der Waals surface area contributed by atoms with Crippen LogP contribution in [0.4, 0.5) is 0 Å². The predicted molar refractivity (Wildman–Crippen MR) is 281 cm³/mol. The maximum Gasteiger partial charge on any atom is 0.220 e. The van der Waals surface area contributed by atoms with Gasteiger partial charge in [-0.25, -0.2) is 0 Å². The minimum atomic E-state index is -0.664. The number of carbonyl (C=O) groups is 1. The molecule has 4 nitrogen and oxygen atoms in total. The SMILES string of the molecule is CC/C=C\C/C=C\C/C=C\C/C=C\CCCCCCCCCCCCC(=O)NC(CO)C(O)CCCCCCCCCCCCCCCCCCCCCCCCCCCCCC. The van der Waals surface area contributed by atoms with Crippen LogP contribution in [-0.2, 0) is 4.79 Å². The summed E-state index contributed by atoms with van der Waals surface area (Å²) in [5.74, 6) is -0.0335. The van der Waals surface area contributed by atoms with E-state index >= 15 is 0 Å². The van der Waals surface area contributed by atoms with Gasteiger partial charge >= 0.3 is 0 Å². The molecule has 63 heavy (non-hydrogen) atoms. The summed E-state index contributed by atoms with van der Waals surface area (Å²) in [6.45, 7) is 4.27. The van der Waals surface area contributed by atoms with Gasteiger partial charge < -0.3 is 15.5 Å². The van der Waals surface area contributed by atoms with Crippen molar-refractivity contribution >= 4 is 5.91 Å². The molecule has 2 unspecified atom stereocenters. The Hall–Kier alpha value is -1.65. The molecule has 0 fully saturated rings. The summed E-state index contributed by atoms with van der Waals surface area (Å²) < 4.78 is 0. The molecule has 0 aromatic heterocycles. The summed E-state index contributed by atoms with van der Waals surface area (Å²) in [6.07, 6.45) is 75.3. The van der Waals surface area contributed by atoms with Crippen molar-refractivity contribution in [2.24, 2.45) is 0 Å². The van der Waals surface area contributed by atoms with E-state index in [1.165, 1.54) is 225 Å². The minimum Gasteiger partial charge on any atom is -0.394 e. The Labute approximate surface area is 394 Å². The maximum absolute atomic E-state index is 12.5. The van der Waals surface area contributed by atoms with Gasteiger partial charge in [0.2, 0.25) is 5.91 Å². The zero-order chi connectivity index (χ0) is 45.6. The molecule has 1 amide bonds. The Kier molecular flexibility index (Phi) is 53.3. The predicted octanol–water partition coefficient (Wildman–Crippen LogP) is 18.6. The van der Waals surface area contributed by atoms with Crippen LogP contribution in [0.15, 0.2) is 48.6 Å². The second-order valence-corrected chi connectivity index (χ2v) is 19.3. The molecule has 3 N–H and O–H groups in total. The fourth-order valence-electron chi connectivity index (χ4n) is 8.83. The van der Waals surface area contributed by atoms with Crippen LogP contribution >= 0.6 is 0 Å². The fourth-order valence-corrected chi connectivity index (χ4v) is 8.83. The molecule has 0 heterocycles. The summed E-state index contributed by atoms with van der Waals surface area (Å²) in [4.78, 5) is 12.5. The fraction of sp³-hybridized carbons (Fsp3) is 0.847. The molecular weight excluding hydrogens is 771 g/mol. The van der Waals surface area contributed by atoms with Crippen LogP contribution in [0.25, 0.3) is 0 Å². The summed E-state index contributed by atoms with van der Waals surface area (Å²) >= 11 is 0. The van der Waals surface area contributed by atoms with Crippen molar-refractivity contribution in [3.63, 3.8) is 0 Å². The van der Waals surface area contributed by atoms with Crippen LogP contribution in [0.3, 0.4) is 0 Å². The van der Waals surface area contributed by atoms with Crippen LogP contribution in [0.1, 0.15) is 303 Å². The number of aliphatic hydroxyl groups is 2. The van der Waals surface area contributed by atoms with E-state index < -0.39 is 12.1 Å². The summed E-state index contributed by atoms with van der Waals surface area (Å²) in [6, 6.07) is -0.541. The number of amides is 1. The highest BCUT2D eigenvalue weighted by molar-refractivity contribution is 5.76. The first-order valence-corrected chi connectivity index (χ1v) is 28.3. The second kappa shape index (κ2) is 54.7. The van der Waals surface area contributed by atoms with Gasteiger partial charge in [0.25, 0.3) is 0 Å². The molecule has 0 aliphatic carbocycles. The van der Waals surface area contributed by atoms with E-state index in [-0.39, 0.29) is 12.5 Å². The molecule has 370 valence electrons. The van der Waals surface area contributed by atoms with Crippen molar-refractivity contribution in [3.8, 4) is 0 Å². The highest BCUT2D eigenvalue weighted by atomic mass is 16.3. The van der Waals surface area contributed by atoms with Crippen molar-refractivity contribution in [1.29, 1.82) is 0 Å². The molecule has 0 saturated carbocycles. The molecule has 0 spiro atoms. The average molecular weight is 883 g/mol. The number of nitrogens with one attached hydrogen (secondary N) is 1. The first-order chi connectivity index (χ1) is 31.2. The highest BCUT2D eigenvalue weighted by Crippen LogP contribution is 2.18. The first kappa shape index (κ1) is 61.4. The Balaban J connectivity index is 3.45. The summed E-state index contributed by atoms with van der Waals surface area (Å²) in [7, 11) is 0. The molecule has 0 rings (SSSR count). The standard InChI is InChI=1S/C59H111NO3/c1-3-5-7-9-11-13-15-17-19-21-23-25-27-28-29-30-31-33-34-36-38-40-42-44-46-48-50-52-54-58(62)57(56-61)60-59(63)55-53-51-49-47-45-43-41-39-37-35-32-26-24-22-20-18-16-14-12-10-8-6-4-2/h6,8,12,14,18,20,24,26,57-58,61-62H,3-5,7,9-11,13,15-17,19,21-23,25,27-56H2,1-2H3,(H,60,63)/b8-6-,14-12-,20-18-,26-24-. The van der Waals surface area contributed by atoms with Crippen molar-refractivity contribution in [2.75, 3.05) is 6.61 Å². The lowest BCUT2D eigenvalue weighted by Crippen LogP contribution is -2.45. The van der Waals surface area contributed by atoms with Gasteiger partial charge in [0.15, 0.2) is 0 Å². The number of hydrogen-bond acceptors (Lipinski definition) is 3. The smallest absolute Gasteiger partial charge is 0.220 e. The second-order valence-electron chi connectivity index (χ2n) is 19.3. The topological polar surface area (TPSA) is 69.6 Å². The van der Waals surface area contributed by atoms with E-state index in [1.54, 1.807) is 0 Å². The average Bonchev–Trinajstić information content (AvgIpc) is 3.29. The lowest BCUT2D eigenvalue weighted by Gasteiger charge is -2.22. The largest absolute Gasteiger partial charge is 0.394 e. The van der Waals surface area contributed by atoms with E-state index in [9.17, 15) is 15.0 Å². The van der Waals surface area contributed by atoms with Crippen molar-refractivity contribution in [2.45, 2.75) is 315 Å². The molecular formula is C59H111NO3. The Morgan fingerprint density at radius 1 is 0.397 bits per heavy atom. The zero-order valence-corrected chi connectivity index (χ0v) is 42.6. The maximum atomic E-state index is 12.5. The quantitative estimate of drug-likeness (QED) is 0.0421. The monoisotopic (exact) mass is 882 g/mol. The van der Waals surface area contributed by atoms with Gasteiger partial charge in [0.05, 0.1) is 18.8 Å². The lowest BCUT2D eigenvalue weighted by molar-refractivity contribution is -0.123. The Bertz CT molecular complexity index is 1000. The van der Waals surface area contributed by atoms with Crippen LogP contribution in [0, 0.1) is 0 Å². The number of hydrogen-bond donors (Lipinski definition) is 3. The molecule has 0 aromatic carbocycles.